The molecule has 1 heterocycles. The normalized spacial score (nSPS) is 9.85. The highest BCUT2D eigenvalue weighted by Gasteiger charge is 2.05. The van der Waals surface area contributed by atoms with E-state index in [1.165, 1.54) is 0 Å². The maximum Gasteiger partial charge on any atom is 0.258 e. The Hall–Kier alpha value is -1.97. The maximum atomic E-state index is 10.3. The van der Waals surface area contributed by atoms with E-state index in [0.717, 1.165) is 5.56 Å². The van der Waals surface area contributed by atoms with Crippen LogP contribution in [0, 0.1) is 0 Å². The Labute approximate surface area is 74.2 Å². The Morgan fingerprint density at radius 3 is 2.62 bits per heavy atom. The van der Waals surface area contributed by atoms with Crippen LogP contribution in [0.15, 0.2) is 34.9 Å². The van der Waals surface area contributed by atoms with Crippen LogP contribution in [0.25, 0.3) is 11.5 Å². The lowest BCUT2D eigenvalue weighted by molar-refractivity contribution is 0.111. The van der Waals surface area contributed by atoms with Crippen LogP contribution in [-0.4, -0.2) is 16.4 Å². The van der Waals surface area contributed by atoms with Crippen LogP contribution in [0.4, 0.5) is 0 Å². The van der Waals surface area contributed by atoms with Crippen molar-refractivity contribution in [1.29, 1.82) is 0 Å². The van der Waals surface area contributed by atoms with Crippen molar-refractivity contribution in [2.75, 3.05) is 0 Å². The molecular weight excluding hydrogens is 168 g/mol. The van der Waals surface area contributed by atoms with Gasteiger partial charge in [-0.15, -0.1) is 0 Å². The Kier molecular flexibility index (Phi) is 1.88. The predicted molar refractivity (Wildman–Crippen MR) is 45.1 cm³/mol. The summed E-state index contributed by atoms with van der Waals surface area (Å²) >= 11 is 0. The molecule has 4 heteroatoms. The Morgan fingerprint density at radius 1 is 1.23 bits per heavy atom. The highest BCUT2D eigenvalue weighted by Crippen LogP contribution is 2.15. The van der Waals surface area contributed by atoms with E-state index in [9.17, 15) is 4.79 Å². The van der Waals surface area contributed by atoms with E-state index in [1.807, 2.05) is 30.3 Å². The number of rotatable bonds is 2. The van der Waals surface area contributed by atoms with Gasteiger partial charge in [0.2, 0.25) is 5.82 Å². The third kappa shape index (κ3) is 1.46. The first-order valence-electron chi connectivity index (χ1n) is 3.74. The third-order valence-electron chi connectivity index (χ3n) is 1.57. The molecule has 0 bridgehead atoms. The summed E-state index contributed by atoms with van der Waals surface area (Å²) in [4.78, 5) is 14.1. The summed E-state index contributed by atoms with van der Waals surface area (Å²) in [7, 11) is 0. The van der Waals surface area contributed by atoms with Crippen molar-refractivity contribution in [3.63, 3.8) is 0 Å². The lowest BCUT2D eigenvalue weighted by atomic mass is 10.2. The van der Waals surface area contributed by atoms with Crippen molar-refractivity contribution in [2.45, 2.75) is 0 Å². The van der Waals surface area contributed by atoms with Crippen molar-refractivity contribution < 1.29 is 9.32 Å². The average Bonchev–Trinajstić information content (AvgIpc) is 2.67. The molecule has 4 nitrogen and oxygen atoms in total. The molecular formula is C9H6N2O2. The summed E-state index contributed by atoms with van der Waals surface area (Å²) in [6.07, 6.45) is 0.552. The first-order chi connectivity index (χ1) is 6.40. The number of hydrogen-bond acceptors (Lipinski definition) is 4. The van der Waals surface area contributed by atoms with Gasteiger partial charge in [0.15, 0.2) is 6.29 Å². The van der Waals surface area contributed by atoms with E-state index in [-0.39, 0.29) is 5.82 Å². The zero-order valence-corrected chi connectivity index (χ0v) is 6.68. The minimum atomic E-state index is 0.0684. The number of hydrogen-bond donors (Lipinski definition) is 0. The van der Waals surface area contributed by atoms with Crippen LogP contribution in [0.2, 0.25) is 0 Å². The topological polar surface area (TPSA) is 56.0 Å². The van der Waals surface area contributed by atoms with Gasteiger partial charge in [0.05, 0.1) is 0 Å². The molecule has 0 aliphatic rings. The number of carbonyl (C=O) groups excluding carboxylic acids is 1. The Balaban J connectivity index is 2.41. The molecule has 0 saturated carbocycles. The Bertz CT molecular complexity index is 409. The van der Waals surface area contributed by atoms with Crippen molar-refractivity contribution in [3.05, 3.63) is 36.2 Å². The molecule has 1 aromatic carbocycles. The van der Waals surface area contributed by atoms with Crippen LogP contribution in [0.5, 0.6) is 0 Å². The van der Waals surface area contributed by atoms with E-state index in [0.29, 0.717) is 12.2 Å². The van der Waals surface area contributed by atoms with E-state index < -0.39 is 0 Å². The van der Waals surface area contributed by atoms with Crippen molar-refractivity contribution in [3.8, 4) is 11.5 Å². The van der Waals surface area contributed by atoms with Crippen LogP contribution in [-0.2, 0) is 0 Å². The summed E-state index contributed by atoms with van der Waals surface area (Å²) in [5.74, 6) is 0.432. The zero-order valence-electron chi connectivity index (χ0n) is 6.68. The molecule has 0 N–H and O–H groups in total. The maximum absolute atomic E-state index is 10.3. The number of nitrogens with zero attached hydrogens (tertiary/aromatic N) is 2. The molecule has 2 aromatic rings. The minimum Gasteiger partial charge on any atom is -0.334 e. The largest absolute Gasteiger partial charge is 0.334 e. The van der Waals surface area contributed by atoms with Crippen LogP contribution in [0.3, 0.4) is 0 Å². The number of carbonyl (C=O) groups is 1. The summed E-state index contributed by atoms with van der Waals surface area (Å²) in [5, 5.41) is 3.46. The summed E-state index contributed by atoms with van der Waals surface area (Å²) in [6, 6.07) is 9.28. The van der Waals surface area contributed by atoms with Crippen molar-refractivity contribution in [2.24, 2.45) is 0 Å². The van der Waals surface area contributed by atoms with Gasteiger partial charge in [0, 0.05) is 5.56 Å². The minimum absolute atomic E-state index is 0.0684. The fourth-order valence-corrected chi connectivity index (χ4v) is 0.981. The summed E-state index contributed by atoms with van der Waals surface area (Å²) < 4.78 is 4.85. The van der Waals surface area contributed by atoms with Gasteiger partial charge in [-0.3, -0.25) is 4.79 Å². The van der Waals surface area contributed by atoms with Gasteiger partial charge >= 0.3 is 0 Å². The fourth-order valence-electron chi connectivity index (χ4n) is 0.981. The van der Waals surface area contributed by atoms with Gasteiger partial charge in [0.25, 0.3) is 5.89 Å². The van der Waals surface area contributed by atoms with Crippen LogP contribution < -0.4 is 0 Å². The molecule has 0 amide bonds. The van der Waals surface area contributed by atoms with Gasteiger partial charge in [-0.25, -0.2) is 0 Å². The predicted octanol–water partition coefficient (Wildman–Crippen LogP) is 1.55. The number of aldehydes is 1. The fraction of sp³-hybridized carbons (Fsp3) is 0. The zero-order chi connectivity index (χ0) is 9.10. The van der Waals surface area contributed by atoms with E-state index >= 15 is 0 Å². The first-order valence-corrected chi connectivity index (χ1v) is 3.74. The van der Waals surface area contributed by atoms with Gasteiger partial charge < -0.3 is 4.52 Å². The van der Waals surface area contributed by atoms with Crippen LogP contribution >= 0.6 is 0 Å². The highest BCUT2D eigenvalue weighted by atomic mass is 16.5. The molecule has 1 aromatic heterocycles. The van der Waals surface area contributed by atoms with Gasteiger partial charge in [-0.2, -0.15) is 4.98 Å². The van der Waals surface area contributed by atoms with Crippen LogP contribution in [0.1, 0.15) is 10.6 Å². The molecule has 0 spiro atoms. The lowest BCUT2D eigenvalue weighted by Gasteiger charge is -1.89. The standard InChI is InChI=1S/C9H6N2O2/c12-6-8-10-9(13-11-8)7-4-2-1-3-5-7/h1-6H. The van der Waals surface area contributed by atoms with Gasteiger partial charge in [0.1, 0.15) is 0 Å². The first kappa shape index (κ1) is 7.67. The highest BCUT2D eigenvalue weighted by molar-refractivity contribution is 5.69. The summed E-state index contributed by atoms with van der Waals surface area (Å²) in [5.41, 5.74) is 0.808. The second kappa shape index (κ2) is 3.18. The molecule has 0 aliphatic carbocycles. The lowest BCUT2D eigenvalue weighted by Crippen LogP contribution is -1.81. The van der Waals surface area contributed by atoms with E-state index in [4.69, 9.17) is 4.52 Å². The van der Waals surface area contributed by atoms with Gasteiger partial charge in [-0.1, -0.05) is 23.4 Å². The Morgan fingerprint density at radius 2 is 2.00 bits per heavy atom. The molecule has 64 valence electrons. The van der Waals surface area contributed by atoms with Gasteiger partial charge in [-0.05, 0) is 12.1 Å². The molecule has 0 radical (unpaired) electrons. The molecule has 13 heavy (non-hydrogen) atoms. The molecule has 0 unspecified atom stereocenters. The molecule has 0 atom stereocenters. The monoisotopic (exact) mass is 174 g/mol. The average molecular weight is 174 g/mol. The SMILES string of the molecule is O=Cc1noc(-c2ccccc2)n1. The van der Waals surface area contributed by atoms with E-state index in [2.05, 4.69) is 10.1 Å². The molecule has 0 saturated heterocycles. The molecule has 0 fully saturated rings. The molecule has 2 rings (SSSR count). The smallest absolute Gasteiger partial charge is 0.258 e. The molecule has 0 aliphatic heterocycles. The van der Waals surface area contributed by atoms with Crippen molar-refractivity contribution >= 4 is 6.29 Å². The summed E-state index contributed by atoms with van der Waals surface area (Å²) in [6.45, 7) is 0. The third-order valence-corrected chi connectivity index (χ3v) is 1.57. The van der Waals surface area contributed by atoms with E-state index in [1.54, 1.807) is 0 Å². The second-order valence-corrected chi connectivity index (χ2v) is 2.44. The number of aromatic nitrogens is 2. The quantitative estimate of drug-likeness (QED) is 0.648. The number of benzene rings is 1. The van der Waals surface area contributed by atoms with Crippen molar-refractivity contribution in [1.82, 2.24) is 10.1 Å². The second-order valence-electron chi connectivity index (χ2n) is 2.44.